The van der Waals surface area contributed by atoms with Gasteiger partial charge in [0.25, 0.3) is 0 Å². The standard InChI is InChI=1S/C24H40N4O4S2/c1-21(2)17-5-7-23(21)15-33(29,30)27-11-12-28-34(31,32)16-24-8-6-18(22(24,3)4)14-20(24)26-10-9-25-19(23)13-17/h17-18,27-28H,5-16H2,1-4H3/t17-,18-,23-,24-/m1/s1. The molecule has 0 amide bonds. The van der Waals surface area contributed by atoms with Crippen LogP contribution in [0.5, 0.6) is 0 Å². The summed E-state index contributed by atoms with van der Waals surface area (Å²) in [5.74, 6) is 0.943. The number of rotatable bonds is 0. The van der Waals surface area contributed by atoms with Gasteiger partial charge in [-0.05, 0) is 61.2 Å². The number of aliphatic imine (C=N–C) groups is 2. The number of nitrogens with zero attached hydrogens (tertiary/aromatic N) is 2. The predicted molar refractivity (Wildman–Crippen MR) is 135 cm³/mol. The lowest BCUT2D eigenvalue weighted by Gasteiger charge is -2.38. The molecule has 0 unspecified atom stereocenters. The Kier molecular flexibility index (Phi) is 5.72. The van der Waals surface area contributed by atoms with Gasteiger partial charge in [0.15, 0.2) is 0 Å². The van der Waals surface area contributed by atoms with Crippen molar-refractivity contribution in [1.29, 1.82) is 0 Å². The van der Waals surface area contributed by atoms with Crippen LogP contribution in [0.25, 0.3) is 0 Å². The highest BCUT2D eigenvalue weighted by Crippen LogP contribution is 2.65. The maximum atomic E-state index is 13.1. The monoisotopic (exact) mass is 512 g/mol. The van der Waals surface area contributed by atoms with Crippen molar-refractivity contribution in [3.05, 3.63) is 0 Å². The zero-order valence-electron chi connectivity index (χ0n) is 21.0. The van der Waals surface area contributed by atoms with Gasteiger partial charge in [0.05, 0.1) is 24.6 Å². The molecule has 4 atom stereocenters. The van der Waals surface area contributed by atoms with Gasteiger partial charge in [0.2, 0.25) is 20.0 Å². The second kappa shape index (κ2) is 7.83. The van der Waals surface area contributed by atoms with E-state index in [-0.39, 0.29) is 35.4 Å². The second-order valence-electron chi connectivity index (χ2n) is 12.5. The number of nitrogens with one attached hydrogen (secondary N) is 2. The van der Waals surface area contributed by atoms with E-state index in [9.17, 15) is 16.8 Å². The fourth-order valence-electron chi connectivity index (χ4n) is 8.24. The van der Waals surface area contributed by atoms with E-state index in [4.69, 9.17) is 9.98 Å². The van der Waals surface area contributed by atoms with Crippen molar-refractivity contribution in [3.63, 3.8) is 0 Å². The number of fused-ring (bicyclic) bond motifs is 2. The molecule has 4 fully saturated rings. The van der Waals surface area contributed by atoms with Crippen LogP contribution < -0.4 is 9.44 Å². The molecule has 1 heterocycles. The minimum Gasteiger partial charge on any atom is -0.292 e. The summed E-state index contributed by atoms with van der Waals surface area (Å²) in [4.78, 5) is 9.95. The van der Waals surface area contributed by atoms with E-state index in [1.165, 1.54) is 0 Å². The minimum atomic E-state index is -3.59. The van der Waals surface area contributed by atoms with Gasteiger partial charge in [-0.3, -0.25) is 9.98 Å². The molecular weight excluding hydrogens is 472 g/mol. The van der Waals surface area contributed by atoms with E-state index in [0.717, 1.165) is 49.9 Å². The largest absolute Gasteiger partial charge is 0.292 e. The lowest BCUT2D eigenvalue weighted by molar-refractivity contribution is 0.195. The normalized spacial score (nSPS) is 42.5. The molecule has 0 radical (unpaired) electrons. The predicted octanol–water partition coefficient (Wildman–Crippen LogP) is 2.37. The molecule has 8 nitrogen and oxygen atoms in total. The molecule has 1 aliphatic heterocycles. The molecule has 5 rings (SSSR count). The Balaban J connectivity index is 1.50. The summed E-state index contributed by atoms with van der Waals surface area (Å²) >= 11 is 0. The van der Waals surface area contributed by atoms with E-state index in [1.807, 2.05) is 0 Å². The topological polar surface area (TPSA) is 117 Å². The molecule has 4 saturated carbocycles. The number of sulfonamides is 2. The van der Waals surface area contributed by atoms with Gasteiger partial charge in [0.1, 0.15) is 0 Å². The molecule has 192 valence electrons. The lowest BCUT2D eigenvalue weighted by atomic mass is 9.70. The Hall–Kier alpha value is -0.840. The molecule has 10 heteroatoms. The van der Waals surface area contributed by atoms with E-state index in [2.05, 4.69) is 37.1 Å². The zero-order valence-corrected chi connectivity index (χ0v) is 22.6. The van der Waals surface area contributed by atoms with Crippen LogP contribution in [0.15, 0.2) is 9.98 Å². The third kappa shape index (κ3) is 3.57. The first-order valence-electron chi connectivity index (χ1n) is 12.8. The first kappa shape index (κ1) is 24.8. The van der Waals surface area contributed by atoms with Crippen molar-refractivity contribution in [2.75, 3.05) is 37.7 Å². The summed E-state index contributed by atoms with van der Waals surface area (Å²) in [6, 6.07) is 0. The summed E-state index contributed by atoms with van der Waals surface area (Å²) in [5.41, 5.74) is 0.937. The Morgan fingerprint density at radius 2 is 1.09 bits per heavy atom. The van der Waals surface area contributed by atoms with Gasteiger partial charge >= 0.3 is 0 Å². The first-order chi connectivity index (χ1) is 15.7. The Labute approximate surface area is 205 Å². The quantitative estimate of drug-likeness (QED) is 0.518. The Bertz CT molecular complexity index is 1050. The molecule has 34 heavy (non-hydrogen) atoms. The maximum Gasteiger partial charge on any atom is 0.212 e. The number of hydrogen-bond donors (Lipinski definition) is 2. The highest BCUT2D eigenvalue weighted by molar-refractivity contribution is 7.89. The van der Waals surface area contributed by atoms with Crippen LogP contribution in [0.1, 0.15) is 66.2 Å². The molecule has 0 saturated heterocycles. The van der Waals surface area contributed by atoms with Gasteiger partial charge in [-0.2, -0.15) is 0 Å². The molecule has 4 bridgehead atoms. The maximum absolute atomic E-state index is 13.1. The highest BCUT2D eigenvalue weighted by Gasteiger charge is 2.65. The first-order valence-corrected chi connectivity index (χ1v) is 16.1. The zero-order chi connectivity index (χ0) is 24.6. The van der Waals surface area contributed by atoms with Crippen LogP contribution >= 0.6 is 0 Å². The molecule has 5 aliphatic rings. The molecule has 0 aromatic rings. The molecule has 0 aromatic heterocycles. The van der Waals surface area contributed by atoms with Gasteiger partial charge < -0.3 is 0 Å². The van der Waals surface area contributed by atoms with Gasteiger partial charge in [-0.25, -0.2) is 26.3 Å². The highest BCUT2D eigenvalue weighted by atomic mass is 32.2. The molecule has 2 spiro atoms. The molecule has 2 N–H and O–H groups in total. The fraction of sp³-hybridized carbons (Fsp3) is 0.917. The van der Waals surface area contributed by atoms with Crippen molar-refractivity contribution in [3.8, 4) is 0 Å². The van der Waals surface area contributed by atoms with Crippen LogP contribution in [-0.4, -0.2) is 65.9 Å². The van der Waals surface area contributed by atoms with Crippen LogP contribution in [0, 0.1) is 33.5 Å². The van der Waals surface area contributed by atoms with E-state index >= 15 is 0 Å². The van der Waals surface area contributed by atoms with Crippen molar-refractivity contribution in [2.45, 2.75) is 66.2 Å². The van der Waals surface area contributed by atoms with E-state index < -0.39 is 30.9 Å². The molecule has 4 aliphatic carbocycles. The minimum absolute atomic E-state index is 0.0165. The Morgan fingerprint density at radius 3 is 1.44 bits per heavy atom. The summed E-state index contributed by atoms with van der Waals surface area (Å²) in [6.45, 7) is 9.92. The average molecular weight is 513 g/mol. The summed E-state index contributed by atoms with van der Waals surface area (Å²) in [5, 5.41) is 0. The summed E-state index contributed by atoms with van der Waals surface area (Å²) in [6.07, 6.45) is 5.48. The van der Waals surface area contributed by atoms with Gasteiger partial charge in [0, 0.05) is 35.3 Å². The van der Waals surface area contributed by atoms with E-state index in [0.29, 0.717) is 24.9 Å². The van der Waals surface area contributed by atoms with E-state index in [1.54, 1.807) is 0 Å². The Morgan fingerprint density at radius 1 is 0.706 bits per heavy atom. The molecule has 0 aromatic carbocycles. The van der Waals surface area contributed by atoms with Crippen molar-refractivity contribution in [2.24, 2.45) is 43.5 Å². The van der Waals surface area contributed by atoms with Crippen LogP contribution in [0.3, 0.4) is 0 Å². The third-order valence-electron chi connectivity index (χ3n) is 10.7. The van der Waals surface area contributed by atoms with Crippen molar-refractivity contribution in [1.82, 2.24) is 9.44 Å². The molecular formula is C24H40N4O4S2. The fourth-order valence-corrected chi connectivity index (χ4v) is 11.9. The van der Waals surface area contributed by atoms with Crippen LogP contribution in [-0.2, 0) is 20.0 Å². The van der Waals surface area contributed by atoms with Gasteiger partial charge in [-0.15, -0.1) is 0 Å². The SMILES string of the molecule is CC1(C)[C@@H]2CC[C@]13CS(=O)(=O)NCCNS(=O)(=O)C[C@]14CC[C@H](CC1=NCCN=C3C2)C4(C)C. The second-order valence-corrected chi connectivity index (χ2v) is 16.1. The average Bonchev–Trinajstić information content (AvgIpc) is 3.26. The number of hydrogen-bond acceptors (Lipinski definition) is 6. The van der Waals surface area contributed by atoms with Crippen LogP contribution in [0.2, 0.25) is 0 Å². The van der Waals surface area contributed by atoms with Crippen molar-refractivity contribution < 1.29 is 16.8 Å². The van der Waals surface area contributed by atoms with Crippen LogP contribution in [0.4, 0.5) is 0 Å². The summed E-state index contributed by atoms with van der Waals surface area (Å²) in [7, 11) is -7.18. The van der Waals surface area contributed by atoms with Crippen molar-refractivity contribution >= 4 is 31.5 Å². The third-order valence-corrected chi connectivity index (χ3v) is 13.7. The van der Waals surface area contributed by atoms with Gasteiger partial charge in [-0.1, -0.05) is 27.7 Å². The smallest absolute Gasteiger partial charge is 0.212 e. The summed E-state index contributed by atoms with van der Waals surface area (Å²) < 4.78 is 57.8. The lowest BCUT2D eigenvalue weighted by Crippen LogP contribution is -2.48.